The molecule has 2 N–H and O–H groups in total. The molecular formula is C21H32FN3O2. The Hall–Kier alpha value is -1.50. The molecule has 6 heteroatoms. The van der Waals surface area contributed by atoms with Crippen molar-refractivity contribution >= 4 is 5.91 Å². The number of amides is 1. The SMILES string of the molecule is COCC(C)NC(=O)CN1C[C@@H](c2cccc(F)c2)[C@@H]2NCCCCC[C@H]21. The molecule has 1 aromatic rings. The fraction of sp³-hybridized carbons (Fsp3) is 0.667. The zero-order chi connectivity index (χ0) is 19.2. The van der Waals surface area contributed by atoms with Gasteiger partial charge in [-0.1, -0.05) is 25.0 Å². The van der Waals surface area contributed by atoms with E-state index in [0.29, 0.717) is 19.2 Å². The molecule has 0 aliphatic carbocycles. The molecule has 1 amide bonds. The van der Waals surface area contributed by atoms with Crippen molar-refractivity contribution in [3.63, 3.8) is 0 Å². The van der Waals surface area contributed by atoms with Crippen molar-refractivity contribution in [2.75, 3.05) is 33.4 Å². The summed E-state index contributed by atoms with van der Waals surface area (Å²) in [6.45, 7) is 4.59. The monoisotopic (exact) mass is 377 g/mol. The summed E-state index contributed by atoms with van der Waals surface area (Å²) < 4.78 is 18.9. The van der Waals surface area contributed by atoms with Gasteiger partial charge in [0.15, 0.2) is 0 Å². The Balaban J connectivity index is 1.74. The molecule has 5 nitrogen and oxygen atoms in total. The van der Waals surface area contributed by atoms with Crippen LogP contribution < -0.4 is 10.6 Å². The highest BCUT2D eigenvalue weighted by Crippen LogP contribution is 2.35. The predicted molar refractivity (Wildman–Crippen MR) is 104 cm³/mol. The maximum atomic E-state index is 13.8. The molecule has 1 unspecified atom stereocenters. The van der Waals surface area contributed by atoms with Gasteiger partial charge in [0, 0.05) is 37.7 Å². The van der Waals surface area contributed by atoms with Gasteiger partial charge >= 0.3 is 0 Å². The van der Waals surface area contributed by atoms with Crippen molar-refractivity contribution in [2.45, 2.75) is 56.7 Å². The largest absolute Gasteiger partial charge is 0.383 e. The molecule has 0 radical (unpaired) electrons. The van der Waals surface area contributed by atoms with Crippen molar-refractivity contribution in [2.24, 2.45) is 0 Å². The molecule has 2 fully saturated rings. The number of methoxy groups -OCH3 is 1. The Morgan fingerprint density at radius 2 is 2.26 bits per heavy atom. The summed E-state index contributed by atoms with van der Waals surface area (Å²) >= 11 is 0. The van der Waals surface area contributed by atoms with E-state index in [1.54, 1.807) is 19.2 Å². The molecule has 27 heavy (non-hydrogen) atoms. The van der Waals surface area contributed by atoms with E-state index in [1.807, 2.05) is 13.0 Å². The number of nitrogens with one attached hydrogen (secondary N) is 2. The molecule has 0 spiro atoms. The van der Waals surface area contributed by atoms with Crippen LogP contribution in [0.2, 0.25) is 0 Å². The van der Waals surface area contributed by atoms with Gasteiger partial charge in [-0.3, -0.25) is 9.69 Å². The number of nitrogens with zero attached hydrogens (tertiary/aromatic N) is 1. The molecule has 150 valence electrons. The summed E-state index contributed by atoms with van der Waals surface area (Å²) in [5, 5.41) is 6.71. The fourth-order valence-corrected chi connectivity index (χ4v) is 4.59. The number of hydrogen-bond donors (Lipinski definition) is 2. The maximum Gasteiger partial charge on any atom is 0.234 e. The van der Waals surface area contributed by atoms with E-state index in [4.69, 9.17) is 4.74 Å². The highest BCUT2D eigenvalue weighted by atomic mass is 19.1. The standard InChI is InChI=1S/C21H32FN3O2/c1-15(14-27-2)24-20(26)13-25-12-18(16-7-6-8-17(22)11-16)21-19(25)9-4-3-5-10-23-21/h6-8,11,15,18-19,21,23H,3-5,9-10,12-14H2,1-2H3,(H,24,26)/t15?,18-,19+,21-/m0/s1. The van der Waals surface area contributed by atoms with Gasteiger partial charge in [-0.15, -0.1) is 0 Å². The van der Waals surface area contributed by atoms with Gasteiger partial charge in [-0.05, 0) is 44.0 Å². The topological polar surface area (TPSA) is 53.6 Å². The van der Waals surface area contributed by atoms with Crippen molar-refractivity contribution in [3.05, 3.63) is 35.6 Å². The van der Waals surface area contributed by atoms with E-state index in [9.17, 15) is 9.18 Å². The molecule has 1 aromatic carbocycles. The van der Waals surface area contributed by atoms with E-state index >= 15 is 0 Å². The Morgan fingerprint density at radius 1 is 1.41 bits per heavy atom. The predicted octanol–water partition coefficient (Wildman–Crippen LogP) is 2.28. The number of hydrogen-bond acceptors (Lipinski definition) is 4. The number of rotatable bonds is 6. The first-order chi connectivity index (χ1) is 13.1. The van der Waals surface area contributed by atoms with Crippen LogP contribution in [0, 0.1) is 5.82 Å². The van der Waals surface area contributed by atoms with Gasteiger partial charge in [0.05, 0.1) is 13.2 Å². The van der Waals surface area contributed by atoms with E-state index in [1.165, 1.54) is 25.3 Å². The first kappa shape index (κ1) is 20.2. The molecule has 3 rings (SSSR count). The highest BCUT2D eigenvalue weighted by Gasteiger charge is 2.42. The lowest BCUT2D eigenvalue weighted by Crippen LogP contribution is -2.48. The third-order valence-corrected chi connectivity index (χ3v) is 5.75. The van der Waals surface area contributed by atoms with Crippen LogP contribution in [0.4, 0.5) is 4.39 Å². The molecule has 0 saturated carbocycles. The van der Waals surface area contributed by atoms with Crippen LogP contribution in [0.1, 0.15) is 44.1 Å². The molecule has 2 heterocycles. The summed E-state index contributed by atoms with van der Waals surface area (Å²) in [5.74, 6) is 0.0349. The first-order valence-electron chi connectivity index (χ1n) is 10.1. The maximum absolute atomic E-state index is 13.8. The third-order valence-electron chi connectivity index (χ3n) is 5.75. The number of halogens is 1. The minimum atomic E-state index is -0.195. The molecule has 4 atom stereocenters. The van der Waals surface area contributed by atoms with Gasteiger partial charge in [0.25, 0.3) is 0 Å². The zero-order valence-corrected chi connectivity index (χ0v) is 16.4. The van der Waals surface area contributed by atoms with E-state index < -0.39 is 0 Å². The van der Waals surface area contributed by atoms with Crippen molar-refractivity contribution in [3.8, 4) is 0 Å². The average Bonchev–Trinajstić information content (AvgIpc) is 2.91. The van der Waals surface area contributed by atoms with E-state index in [0.717, 1.165) is 25.1 Å². The van der Waals surface area contributed by atoms with Crippen LogP contribution in [0.25, 0.3) is 0 Å². The van der Waals surface area contributed by atoms with Crippen LogP contribution >= 0.6 is 0 Å². The molecule has 0 bridgehead atoms. The Morgan fingerprint density at radius 3 is 3.04 bits per heavy atom. The van der Waals surface area contributed by atoms with Crippen molar-refractivity contribution in [1.82, 2.24) is 15.5 Å². The molecule has 2 saturated heterocycles. The second-order valence-electron chi connectivity index (χ2n) is 7.91. The van der Waals surface area contributed by atoms with Gasteiger partial charge in [0.1, 0.15) is 5.82 Å². The molecule has 0 aromatic heterocycles. The number of ether oxygens (including phenoxy) is 1. The Bertz CT molecular complexity index is 627. The lowest BCUT2D eigenvalue weighted by atomic mass is 9.88. The molecule has 2 aliphatic rings. The average molecular weight is 378 g/mol. The minimum Gasteiger partial charge on any atom is -0.383 e. The number of benzene rings is 1. The Kier molecular flexibility index (Phi) is 7.21. The van der Waals surface area contributed by atoms with Gasteiger partial charge in [-0.2, -0.15) is 0 Å². The summed E-state index contributed by atoms with van der Waals surface area (Å²) in [5.41, 5.74) is 1.02. The van der Waals surface area contributed by atoms with Crippen LogP contribution in [-0.2, 0) is 9.53 Å². The van der Waals surface area contributed by atoms with Gasteiger partial charge in [0.2, 0.25) is 5.91 Å². The van der Waals surface area contributed by atoms with E-state index in [-0.39, 0.29) is 29.7 Å². The number of likely N-dealkylation sites (tertiary alicyclic amines) is 1. The fourth-order valence-electron chi connectivity index (χ4n) is 4.59. The van der Waals surface area contributed by atoms with E-state index in [2.05, 4.69) is 15.5 Å². The minimum absolute atomic E-state index is 0.00428. The number of carbonyl (C=O) groups is 1. The summed E-state index contributed by atoms with van der Waals surface area (Å²) in [6, 6.07) is 7.49. The molecular weight excluding hydrogens is 345 g/mol. The third kappa shape index (κ3) is 5.27. The summed E-state index contributed by atoms with van der Waals surface area (Å²) in [6.07, 6.45) is 4.64. The first-order valence-corrected chi connectivity index (χ1v) is 10.1. The number of fused-ring (bicyclic) bond motifs is 1. The summed E-state index contributed by atoms with van der Waals surface area (Å²) in [7, 11) is 1.64. The zero-order valence-electron chi connectivity index (χ0n) is 16.4. The lowest BCUT2D eigenvalue weighted by Gasteiger charge is -2.31. The van der Waals surface area contributed by atoms with Crippen LogP contribution in [0.5, 0.6) is 0 Å². The number of carbonyl (C=O) groups excluding carboxylic acids is 1. The van der Waals surface area contributed by atoms with Crippen LogP contribution in [-0.4, -0.2) is 62.3 Å². The quantitative estimate of drug-likeness (QED) is 0.799. The second kappa shape index (κ2) is 9.62. The smallest absolute Gasteiger partial charge is 0.234 e. The summed E-state index contributed by atoms with van der Waals surface area (Å²) in [4.78, 5) is 14.8. The van der Waals surface area contributed by atoms with Crippen LogP contribution in [0.3, 0.4) is 0 Å². The van der Waals surface area contributed by atoms with Crippen molar-refractivity contribution < 1.29 is 13.9 Å². The highest BCUT2D eigenvalue weighted by molar-refractivity contribution is 5.78. The Labute approximate surface area is 161 Å². The van der Waals surface area contributed by atoms with Crippen molar-refractivity contribution in [1.29, 1.82) is 0 Å². The molecule has 2 aliphatic heterocycles. The normalized spacial score (nSPS) is 27.4. The van der Waals surface area contributed by atoms with Crippen LogP contribution in [0.15, 0.2) is 24.3 Å². The van der Waals surface area contributed by atoms with Gasteiger partial charge in [-0.25, -0.2) is 4.39 Å². The van der Waals surface area contributed by atoms with Gasteiger partial charge < -0.3 is 15.4 Å². The second-order valence-corrected chi connectivity index (χ2v) is 7.91. The lowest BCUT2D eigenvalue weighted by molar-refractivity contribution is -0.123.